The van der Waals surface area contributed by atoms with Crippen molar-refractivity contribution in [3.05, 3.63) is 58.9 Å². The SMILES string of the molecule is CN(C(=O)c1ccc(Cl)cn1)c1cccc(C2(C)CCSC(N)=N2)c1. The first-order valence-corrected chi connectivity index (χ1v) is 9.24. The molecule has 25 heavy (non-hydrogen) atoms. The minimum Gasteiger partial charge on any atom is -0.379 e. The third kappa shape index (κ3) is 3.80. The first-order valence-electron chi connectivity index (χ1n) is 7.87. The van der Waals surface area contributed by atoms with Gasteiger partial charge in [0.05, 0.1) is 10.6 Å². The molecule has 1 unspecified atom stereocenters. The number of thioether (sulfide) groups is 1. The van der Waals surface area contributed by atoms with E-state index in [2.05, 4.69) is 16.9 Å². The maximum Gasteiger partial charge on any atom is 0.276 e. The highest BCUT2D eigenvalue weighted by Crippen LogP contribution is 2.36. The quantitative estimate of drug-likeness (QED) is 0.889. The molecule has 0 bridgehead atoms. The van der Waals surface area contributed by atoms with Gasteiger partial charge in [-0.2, -0.15) is 0 Å². The third-order valence-electron chi connectivity index (χ3n) is 4.30. The number of carbonyl (C=O) groups excluding carboxylic acids is 1. The molecule has 130 valence electrons. The number of pyridine rings is 1. The number of halogens is 1. The number of benzene rings is 1. The summed E-state index contributed by atoms with van der Waals surface area (Å²) in [5.41, 5.74) is 7.71. The van der Waals surface area contributed by atoms with E-state index in [-0.39, 0.29) is 11.4 Å². The molecule has 3 rings (SSSR count). The van der Waals surface area contributed by atoms with Gasteiger partial charge in [-0.1, -0.05) is 35.5 Å². The number of hydrogen-bond donors (Lipinski definition) is 1. The molecule has 7 heteroatoms. The molecule has 0 spiro atoms. The Balaban J connectivity index is 1.89. The standard InChI is InChI=1S/C18H19ClN4OS/c1-18(8-9-25-17(20)22-18)12-4-3-5-14(10-12)23(2)16(24)15-7-6-13(19)11-21-15/h3-7,10-11H,8-9H2,1-2H3,(H2,20,22). The zero-order valence-electron chi connectivity index (χ0n) is 14.1. The lowest BCUT2D eigenvalue weighted by Crippen LogP contribution is -2.30. The van der Waals surface area contributed by atoms with Crippen LogP contribution >= 0.6 is 23.4 Å². The third-order valence-corrected chi connectivity index (χ3v) is 5.32. The Kier molecular flexibility index (Phi) is 5.01. The Morgan fingerprint density at radius 3 is 2.84 bits per heavy atom. The summed E-state index contributed by atoms with van der Waals surface area (Å²) in [5, 5.41) is 1.11. The second kappa shape index (κ2) is 7.06. The first-order chi connectivity index (χ1) is 11.9. The maximum absolute atomic E-state index is 12.6. The number of hydrogen-bond acceptors (Lipinski definition) is 5. The van der Waals surface area contributed by atoms with E-state index in [0.29, 0.717) is 15.9 Å². The predicted octanol–water partition coefficient (Wildman–Crippen LogP) is 3.68. The summed E-state index contributed by atoms with van der Waals surface area (Å²) in [4.78, 5) is 22.9. The van der Waals surface area contributed by atoms with Gasteiger partial charge < -0.3 is 10.6 Å². The molecule has 2 aromatic rings. The van der Waals surface area contributed by atoms with Crippen LogP contribution in [-0.4, -0.2) is 28.9 Å². The zero-order valence-corrected chi connectivity index (χ0v) is 15.6. The van der Waals surface area contributed by atoms with E-state index in [1.54, 1.807) is 35.8 Å². The number of amides is 1. The minimum absolute atomic E-state index is 0.193. The van der Waals surface area contributed by atoms with Crippen LogP contribution in [-0.2, 0) is 5.54 Å². The van der Waals surface area contributed by atoms with Crippen LogP contribution in [0.3, 0.4) is 0 Å². The molecular formula is C18H19ClN4OS. The summed E-state index contributed by atoms with van der Waals surface area (Å²) in [6.07, 6.45) is 2.37. The van der Waals surface area contributed by atoms with Crippen molar-refractivity contribution in [1.29, 1.82) is 0 Å². The molecule has 1 amide bonds. The predicted molar refractivity (Wildman–Crippen MR) is 104 cm³/mol. The van der Waals surface area contributed by atoms with E-state index in [4.69, 9.17) is 17.3 Å². The smallest absolute Gasteiger partial charge is 0.276 e. The van der Waals surface area contributed by atoms with E-state index < -0.39 is 0 Å². The molecule has 0 fully saturated rings. The van der Waals surface area contributed by atoms with Gasteiger partial charge in [-0.25, -0.2) is 4.98 Å². The number of carbonyl (C=O) groups is 1. The van der Waals surface area contributed by atoms with Gasteiger partial charge in [0.15, 0.2) is 5.17 Å². The molecule has 1 aliphatic heterocycles. The van der Waals surface area contributed by atoms with Crippen LogP contribution in [0.1, 0.15) is 29.4 Å². The van der Waals surface area contributed by atoms with Crippen molar-refractivity contribution in [2.24, 2.45) is 10.7 Å². The lowest BCUT2D eigenvalue weighted by molar-refractivity contribution is 0.0988. The fraction of sp³-hybridized carbons (Fsp3) is 0.278. The Morgan fingerprint density at radius 1 is 1.36 bits per heavy atom. The van der Waals surface area contributed by atoms with Crippen LogP contribution in [0.5, 0.6) is 0 Å². The number of nitrogens with two attached hydrogens (primary N) is 1. The van der Waals surface area contributed by atoms with Crippen molar-refractivity contribution in [1.82, 2.24) is 4.98 Å². The summed E-state index contributed by atoms with van der Waals surface area (Å²) in [6.45, 7) is 2.07. The van der Waals surface area contributed by atoms with Crippen LogP contribution in [0.25, 0.3) is 0 Å². The lowest BCUT2D eigenvalue weighted by Gasteiger charge is -2.30. The summed E-state index contributed by atoms with van der Waals surface area (Å²) in [5.74, 6) is 0.737. The van der Waals surface area contributed by atoms with Gasteiger partial charge in [0.1, 0.15) is 5.69 Å². The fourth-order valence-corrected chi connectivity index (χ4v) is 3.82. The van der Waals surface area contributed by atoms with Gasteiger partial charge in [0.2, 0.25) is 0 Å². The Morgan fingerprint density at radius 2 is 2.16 bits per heavy atom. The van der Waals surface area contributed by atoms with Gasteiger partial charge in [0, 0.05) is 24.7 Å². The summed E-state index contributed by atoms with van der Waals surface area (Å²) in [7, 11) is 1.73. The van der Waals surface area contributed by atoms with Gasteiger partial charge in [-0.3, -0.25) is 9.79 Å². The highest BCUT2D eigenvalue weighted by Gasteiger charge is 2.30. The Labute approximate surface area is 156 Å². The highest BCUT2D eigenvalue weighted by atomic mass is 35.5. The average Bonchev–Trinajstić information content (AvgIpc) is 2.61. The first kappa shape index (κ1) is 17.8. The molecule has 2 N–H and O–H groups in total. The van der Waals surface area contributed by atoms with E-state index >= 15 is 0 Å². The normalized spacial score (nSPS) is 20.0. The summed E-state index contributed by atoms with van der Waals surface area (Å²) >= 11 is 7.41. The lowest BCUT2D eigenvalue weighted by atomic mass is 9.89. The number of anilines is 1. The molecule has 0 saturated heterocycles. The van der Waals surface area contributed by atoms with E-state index in [0.717, 1.165) is 23.4 Å². The van der Waals surface area contributed by atoms with E-state index in [1.165, 1.54) is 6.20 Å². The number of nitrogens with zero attached hydrogens (tertiary/aromatic N) is 3. The molecule has 0 saturated carbocycles. The van der Waals surface area contributed by atoms with Crippen LogP contribution in [0.4, 0.5) is 5.69 Å². The van der Waals surface area contributed by atoms with Crippen molar-refractivity contribution in [2.75, 3.05) is 17.7 Å². The second-order valence-electron chi connectivity index (χ2n) is 6.10. The molecule has 2 heterocycles. The average molecular weight is 375 g/mol. The topological polar surface area (TPSA) is 71.6 Å². The number of amidine groups is 1. The van der Waals surface area contributed by atoms with Crippen LogP contribution < -0.4 is 10.6 Å². The Hall–Kier alpha value is -2.05. The van der Waals surface area contributed by atoms with E-state index in [1.807, 2.05) is 24.3 Å². The molecule has 1 aliphatic rings. The molecule has 1 atom stereocenters. The number of aliphatic imine (C=N–C) groups is 1. The molecule has 5 nitrogen and oxygen atoms in total. The van der Waals surface area contributed by atoms with Gasteiger partial charge in [0.25, 0.3) is 5.91 Å². The highest BCUT2D eigenvalue weighted by molar-refractivity contribution is 8.13. The monoisotopic (exact) mass is 374 g/mol. The largest absolute Gasteiger partial charge is 0.379 e. The van der Waals surface area contributed by atoms with Crippen molar-refractivity contribution in [3.63, 3.8) is 0 Å². The molecule has 1 aromatic heterocycles. The molecule has 0 radical (unpaired) electrons. The molecule has 0 aliphatic carbocycles. The molecular weight excluding hydrogens is 356 g/mol. The zero-order chi connectivity index (χ0) is 18.0. The van der Waals surface area contributed by atoms with Crippen LogP contribution in [0, 0.1) is 0 Å². The van der Waals surface area contributed by atoms with Crippen LogP contribution in [0.15, 0.2) is 47.6 Å². The fourth-order valence-electron chi connectivity index (χ4n) is 2.74. The van der Waals surface area contributed by atoms with E-state index in [9.17, 15) is 4.79 Å². The maximum atomic E-state index is 12.6. The second-order valence-corrected chi connectivity index (χ2v) is 7.65. The number of aromatic nitrogens is 1. The summed E-state index contributed by atoms with van der Waals surface area (Å²) < 4.78 is 0. The van der Waals surface area contributed by atoms with Gasteiger partial charge in [-0.15, -0.1) is 0 Å². The van der Waals surface area contributed by atoms with Gasteiger partial charge >= 0.3 is 0 Å². The van der Waals surface area contributed by atoms with Crippen molar-refractivity contribution < 1.29 is 4.79 Å². The van der Waals surface area contributed by atoms with Crippen molar-refractivity contribution in [2.45, 2.75) is 18.9 Å². The van der Waals surface area contributed by atoms with Crippen LogP contribution in [0.2, 0.25) is 5.02 Å². The molecule has 1 aromatic carbocycles. The number of rotatable bonds is 3. The van der Waals surface area contributed by atoms with Crippen molar-refractivity contribution in [3.8, 4) is 0 Å². The summed E-state index contributed by atoms with van der Waals surface area (Å²) in [6, 6.07) is 11.1. The minimum atomic E-state index is -0.367. The Bertz CT molecular complexity index is 824. The van der Waals surface area contributed by atoms with Crippen molar-refractivity contribution >= 4 is 40.1 Å². The van der Waals surface area contributed by atoms with Gasteiger partial charge in [-0.05, 0) is 43.2 Å².